The van der Waals surface area contributed by atoms with E-state index in [4.69, 9.17) is 9.47 Å². The number of ether oxygens (including phenoxy) is 2. The van der Waals surface area contributed by atoms with Crippen LogP contribution < -0.4 is 9.47 Å². The summed E-state index contributed by atoms with van der Waals surface area (Å²) < 4.78 is 11.7. The predicted molar refractivity (Wildman–Crippen MR) is 161 cm³/mol. The molecular formula is C34H40N2O5. The Balaban J connectivity index is 1.63. The number of likely N-dealkylation sites (N-methyl/N-ethyl adjacent to an activating group) is 1. The molecular weight excluding hydrogens is 516 g/mol. The molecule has 1 fully saturated rings. The van der Waals surface area contributed by atoms with Crippen molar-refractivity contribution >= 4 is 17.4 Å². The number of nitrogens with zero attached hydrogens (tertiary/aromatic N) is 2. The fourth-order valence-corrected chi connectivity index (χ4v) is 5.05. The second-order valence-electron chi connectivity index (χ2n) is 10.2. The Morgan fingerprint density at radius 2 is 1.56 bits per heavy atom. The van der Waals surface area contributed by atoms with Crippen molar-refractivity contribution in [1.29, 1.82) is 0 Å². The first kappa shape index (κ1) is 29.9. The molecule has 41 heavy (non-hydrogen) atoms. The van der Waals surface area contributed by atoms with E-state index < -0.39 is 17.7 Å². The highest BCUT2D eigenvalue weighted by Crippen LogP contribution is 2.40. The molecule has 1 aliphatic rings. The largest absolute Gasteiger partial charge is 0.507 e. The Hall–Kier alpha value is -4.10. The summed E-state index contributed by atoms with van der Waals surface area (Å²) in [4.78, 5) is 30.5. The number of ketones is 1. The Bertz CT molecular complexity index is 1360. The number of hydrogen-bond donors (Lipinski definition) is 1. The lowest BCUT2D eigenvalue weighted by atomic mass is 9.95. The quantitative estimate of drug-likeness (QED) is 0.155. The van der Waals surface area contributed by atoms with Gasteiger partial charge in [-0.1, -0.05) is 62.7 Å². The van der Waals surface area contributed by atoms with Crippen LogP contribution >= 0.6 is 0 Å². The van der Waals surface area contributed by atoms with E-state index >= 15 is 0 Å². The second-order valence-corrected chi connectivity index (χ2v) is 10.2. The third-order valence-electron chi connectivity index (χ3n) is 7.38. The SMILES string of the molecule is CCCOc1ccc(C2/C(=C(\O)c3ccc(OCc4cccc(C)c4)cc3)C(=O)C(=O)N2CCN(CC)CC)cc1. The van der Waals surface area contributed by atoms with Gasteiger partial charge in [0.05, 0.1) is 18.2 Å². The molecule has 1 unspecified atom stereocenters. The molecule has 0 aliphatic carbocycles. The van der Waals surface area contributed by atoms with E-state index in [0.29, 0.717) is 37.6 Å². The fourth-order valence-electron chi connectivity index (χ4n) is 5.05. The van der Waals surface area contributed by atoms with Crippen molar-refractivity contribution in [2.75, 3.05) is 32.8 Å². The lowest BCUT2D eigenvalue weighted by molar-refractivity contribution is -0.140. The van der Waals surface area contributed by atoms with Crippen LogP contribution in [0.1, 0.15) is 55.5 Å². The van der Waals surface area contributed by atoms with Crippen LogP contribution in [0.2, 0.25) is 0 Å². The van der Waals surface area contributed by atoms with Crippen molar-refractivity contribution in [2.24, 2.45) is 0 Å². The van der Waals surface area contributed by atoms with Crippen molar-refractivity contribution in [3.63, 3.8) is 0 Å². The van der Waals surface area contributed by atoms with E-state index in [-0.39, 0.29) is 11.3 Å². The number of likely N-dealkylation sites (tertiary alicyclic amines) is 1. The van der Waals surface area contributed by atoms with Crippen LogP contribution in [0.15, 0.2) is 78.4 Å². The number of benzene rings is 3. The summed E-state index contributed by atoms with van der Waals surface area (Å²) in [6.07, 6.45) is 0.892. The minimum absolute atomic E-state index is 0.0882. The molecule has 0 bridgehead atoms. The van der Waals surface area contributed by atoms with Gasteiger partial charge in [0.25, 0.3) is 11.7 Å². The number of aryl methyl sites for hydroxylation is 1. The monoisotopic (exact) mass is 556 g/mol. The van der Waals surface area contributed by atoms with Crippen LogP contribution in [-0.4, -0.2) is 59.4 Å². The van der Waals surface area contributed by atoms with Gasteiger partial charge >= 0.3 is 0 Å². The predicted octanol–water partition coefficient (Wildman–Crippen LogP) is 6.13. The molecule has 1 atom stereocenters. The molecule has 0 aromatic heterocycles. The maximum atomic E-state index is 13.4. The second kappa shape index (κ2) is 14.0. The van der Waals surface area contributed by atoms with Gasteiger partial charge in [0, 0.05) is 18.7 Å². The molecule has 3 aromatic rings. The average Bonchev–Trinajstić information content (AvgIpc) is 3.25. The van der Waals surface area contributed by atoms with E-state index in [0.717, 1.165) is 42.0 Å². The number of carbonyl (C=O) groups is 2. The fraction of sp³-hybridized carbons (Fsp3) is 0.353. The molecule has 1 heterocycles. The number of carbonyl (C=O) groups excluding carboxylic acids is 2. The molecule has 1 saturated heterocycles. The van der Waals surface area contributed by atoms with Crippen molar-refractivity contribution in [3.8, 4) is 11.5 Å². The van der Waals surface area contributed by atoms with Gasteiger partial charge in [0.2, 0.25) is 0 Å². The smallest absolute Gasteiger partial charge is 0.295 e. The van der Waals surface area contributed by atoms with Crippen LogP contribution in [0.3, 0.4) is 0 Å². The number of aliphatic hydroxyl groups is 1. The third kappa shape index (κ3) is 7.16. The number of amides is 1. The van der Waals surface area contributed by atoms with Crippen molar-refractivity contribution in [1.82, 2.24) is 9.80 Å². The Labute approximate surface area is 243 Å². The minimum Gasteiger partial charge on any atom is -0.507 e. The zero-order chi connectivity index (χ0) is 29.4. The van der Waals surface area contributed by atoms with Gasteiger partial charge in [-0.05, 0) is 74.0 Å². The van der Waals surface area contributed by atoms with Crippen LogP contribution in [0.4, 0.5) is 0 Å². The number of rotatable bonds is 13. The summed E-state index contributed by atoms with van der Waals surface area (Å²) in [6, 6.07) is 21.8. The normalized spacial score (nSPS) is 16.4. The van der Waals surface area contributed by atoms with Crippen LogP contribution in [0.5, 0.6) is 11.5 Å². The summed E-state index contributed by atoms with van der Waals surface area (Å²) in [5, 5.41) is 11.4. The van der Waals surface area contributed by atoms with Gasteiger partial charge in [0.1, 0.15) is 23.9 Å². The molecule has 0 spiro atoms. The highest BCUT2D eigenvalue weighted by molar-refractivity contribution is 6.46. The number of hydrogen-bond acceptors (Lipinski definition) is 6. The van der Waals surface area contributed by atoms with Gasteiger partial charge in [-0.2, -0.15) is 0 Å². The zero-order valence-electron chi connectivity index (χ0n) is 24.4. The van der Waals surface area contributed by atoms with Crippen molar-refractivity contribution in [2.45, 2.75) is 46.8 Å². The van der Waals surface area contributed by atoms with Gasteiger partial charge in [-0.25, -0.2) is 0 Å². The standard InChI is InChI=1S/C34H40N2O5/c1-5-21-40-28-15-11-26(12-16-28)31-30(33(38)34(39)36(31)20-19-35(6-2)7-3)32(37)27-13-17-29(18-14-27)41-23-25-10-8-9-24(4)22-25/h8-18,22,31,37H,5-7,19-21,23H2,1-4H3/b32-30+. The summed E-state index contributed by atoms with van der Waals surface area (Å²) >= 11 is 0. The molecule has 1 aliphatic heterocycles. The van der Waals surface area contributed by atoms with Crippen LogP contribution in [0, 0.1) is 6.92 Å². The molecule has 4 rings (SSSR count). The first-order chi connectivity index (χ1) is 19.9. The van der Waals surface area contributed by atoms with Gasteiger partial charge in [-0.3, -0.25) is 9.59 Å². The molecule has 0 saturated carbocycles. The number of aliphatic hydroxyl groups excluding tert-OH is 1. The summed E-state index contributed by atoms with van der Waals surface area (Å²) in [6.45, 7) is 11.9. The molecule has 216 valence electrons. The molecule has 0 radical (unpaired) electrons. The summed E-state index contributed by atoms with van der Waals surface area (Å²) in [5.74, 6) is -0.125. The minimum atomic E-state index is -0.706. The van der Waals surface area contributed by atoms with Crippen LogP contribution in [0.25, 0.3) is 5.76 Å². The topological polar surface area (TPSA) is 79.3 Å². The Morgan fingerprint density at radius 1 is 0.902 bits per heavy atom. The van der Waals surface area contributed by atoms with E-state index in [9.17, 15) is 14.7 Å². The maximum absolute atomic E-state index is 13.4. The molecule has 3 aromatic carbocycles. The molecule has 1 N–H and O–H groups in total. The average molecular weight is 557 g/mol. The lowest BCUT2D eigenvalue weighted by Gasteiger charge is -2.28. The van der Waals surface area contributed by atoms with Crippen molar-refractivity contribution < 1.29 is 24.2 Å². The lowest BCUT2D eigenvalue weighted by Crippen LogP contribution is -2.38. The highest BCUT2D eigenvalue weighted by Gasteiger charge is 2.46. The first-order valence-corrected chi connectivity index (χ1v) is 14.4. The Kier molecular flexibility index (Phi) is 10.2. The summed E-state index contributed by atoms with van der Waals surface area (Å²) in [7, 11) is 0. The van der Waals surface area contributed by atoms with Crippen molar-refractivity contribution in [3.05, 3.63) is 101 Å². The van der Waals surface area contributed by atoms with E-state index in [1.54, 1.807) is 29.2 Å². The zero-order valence-corrected chi connectivity index (χ0v) is 24.4. The van der Waals surface area contributed by atoms with Gasteiger partial charge < -0.3 is 24.4 Å². The van der Waals surface area contributed by atoms with Gasteiger partial charge in [-0.15, -0.1) is 0 Å². The maximum Gasteiger partial charge on any atom is 0.295 e. The van der Waals surface area contributed by atoms with E-state index in [1.807, 2.05) is 56.3 Å². The first-order valence-electron chi connectivity index (χ1n) is 14.4. The Morgan fingerprint density at radius 3 is 2.20 bits per heavy atom. The van der Waals surface area contributed by atoms with Crippen LogP contribution in [-0.2, 0) is 16.2 Å². The number of Topliss-reactive ketones (excluding diaryl/α,β-unsaturated/α-hetero) is 1. The molecule has 7 nitrogen and oxygen atoms in total. The molecule has 1 amide bonds. The molecule has 7 heteroatoms. The third-order valence-corrected chi connectivity index (χ3v) is 7.38. The van der Waals surface area contributed by atoms with E-state index in [1.165, 1.54) is 0 Å². The van der Waals surface area contributed by atoms with E-state index in [2.05, 4.69) is 24.8 Å². The van der Waals surface area contributed by atoms with Gasteiger partial charge in [0.15, 0.2) is 0 Å². The highest BCUT2D eigenvalue weighted by atomic mass is 16.5. The summed E-state index contributed by atoms with van der Waals surface area (Å²) in [5.41, 5.74) is 3.51.